The van der Waals surface area contributed by atoms with Crippen LogP contribution in [0.3, 0.4) is 0 Å². The van der Waals surface area contributed by atoms with Gasteiger partial charge in [-0.15, -0.1) is 0 Å². The molecule has 0 spiro atoms. The highest BCUT2D eigenvalue weighted by molar-refractivity contribution is 5.09. The molecule has 2 heterocycles. The average Bonchev–Trinajstić information content (AvgIpc) is 2.88. The van der Waals surface area contributed by atoms with Crippen LogP contribution < -0.4 is 5.32 Å². The highest BCUT2D eigenvalue weighted by atomic mass is 16.5. The van der Waals surface area contributed by atoms with Crippen molar-refractivity contribution >= 4 is 0 Å². The minimum atomic E-state index is 0.367. The number of hydrogen-bond donors (Lipinski definition) is 1. The maximum absolute atomic E-state index is 5.68. The number of nitrogens with one attached hydrogen (secondary N) is 1. The first-order valence-electron chi connectivity index (χ1n) is 7.99. The number of hydrogen-bond acceptors (Lipinski definition) is 3. The van der Waals surface area contributed by atoms with E-state index in [-0.39, 0.29) is 0 Å². The van der Waals surface area contributed by atoms with Gasteiger partial charge in [0, 0.05) is 24.9 Å². The van der Waals surface area contributed by atoms with Gasteiger partial charge in [-0.05, 0) is 39.0 Å². The molecule has 20 heavy (non-hydrogen) atoms. The van der Waals surface area contributed by atoms with E-state index in [9.17, 15) is 0 Å². The SMILES string of the molecule is CCOCC(C(C)C)n1cncc1C1CCCC(C)N1. The monoisotopic (exact) mass is 279 g/mol. The van der Waals surface area contributed by atoms with Crippen molar-refractivity contribution in [2.75, 3.05) is 13.2 Å². The first-order chi connectivity index (χ1) is 9.63. The lowest BCUT2D eigenvalue weighted by Crippen LogP contribution is -2.36. The standard InChI is InChI=1S/C16H29N3O/c1-5-20-10-16(12(2)3)19-11-17-9-15(19)14-8-6-7-13(4)18-14/h9,11-14,16,18H,5-8,10H2,1-4H3. The second kappa shape index (κ2) is 7.23. The lowest BCUT2D eigenvalue weighted by Gasteiger charge is -2.32. The van der Waals surface area contributed by atoms with Crippen LogP contribution in [-0.2, 0) is 4.74 Å². The zero-order valence-corrected chi connectivity index (χ0v) is 13.3. The van der Waals surface area contributed by atoms with Crippen LogP contribution in [-0.4, -0.2) is 28.8 Å². The number of nitrogens with zero attached hydrogens (tertiary/aromatic N) is 2. The summed E-state index contributed by atoms with van der Waals surface area (Å²) in [5.41, 5.74) is 1.31. The molecule has 1 aromatic heterocycles. The number of aromatic nitrogens is 2. The van der Waals surface area contributed by atoms with Crippen LogP contribution >= 0.6 is 0 Å². The molecule has 0 aromatic carbocycles. The summed E-state index contributed by atoms with van der Waals surface area (Å²) in [5, 5.41) is 3.71. The lowest BCUT2D eigenvalue weighted by atomic mass is 9.96. The van der Waals surface area contributed by atoms with Gasteiger partial charge in [0.1, 0.15) is 0 Å². The molecule has 0 bridgehead atoms. The van der Waals surface area contributed by atoms with E-state index >= 15 is 0 Å². The maximum Gasteiger partial charge on any atom is 0.0952 e. The lowest BCUT2D eigenvalue weighted by molar-refractivity contribution is 0.0941. The fourth-order valence-corrected chi connectivity index (χ4v) is 3.07. The van der Waals surface area contributed by atoms with Crippen molar-refractivity contribution in [3.05, 3.63) is 18.2 Å². The Morgan fingerprint density at radius 2 is 2.25 bits per heavy atom. The molecule has 0 amide bonds. The van der Waals surface area contributed by atoms with Crippen molar-refractivity contribution < 1.29 is 4.74 Å². The number of ether oxygens (including phenoxy) is 1. The van der Waals surface area contributed by atoms with Crippen molar-refractivity contribution in [1.29, 1.82) is 0 Å². The Bertz CT molecular complexity index is 402. The molecule has 1 aromatic rings. The van der Waals surface area contributed by atoms with Gasteiger partial charge in [0.05, 0.1) is 24.7 Å². The van der Waals surface area contributed by atoms with E-state index in [4.69, 9.17) is 4.74 Å². The van der Waals surface area contributed by atoms with Crippen LogP contribution in [0.2, 0.25) is 0 Å². The molecule has 1 saturated heterocycles. The molecule has 4 heteroatoms. The van der Waals surface area contributed by atoms with Crippen molar-refractivity contribution in [2.45, 2.75) is 65.1 Å². The third kappa shape index (κ3) is 3.61. The third-order valence-electron chi connectivity index (χ3n) is 4.29. The largest absolute Gasteiger partial charge is 0.380 e. The molecule has 1 fully saturated rings. The normalized spacial score (nSPS) is 25.1. The molecule has 4 nitrogen and oxygen atoms in total. The Labute approximate surface area is 122 Å². The predicted molar refractivity (Wildman–Crippen MR) is 81.8 cm³/mol. The second-order valence-electron chi connectivity index (χ2n) is 6.25. The maximum atomic E-state index is 5.68. The molecule has 1 N–H and O–H groups in total. The number of piperidine rings is 1. The number of imidazole rings is 1. The average molecular weight is 279 g/mol. The van der Waals surface area contributed by atoms with E-state index < -0.39 is 0 Å². The van der Waals surface area contributed by atoms with E-state index in [1.165, 1.54) is 25.0 Å². The van der Waals surface area contributed by atoms with Crippen molar-refractivity contribution in [1.82, 2.24) is 14.9 Å². The predicted octanol–water partition coefficient (Wildman–Crippen LogP) is 3.32. The van der Waals surface area contributed by atoms with Gasteiger partial charge >= 0.3 is 0 Å². The van der Waals surface area contributed by atoms with Gasteiger partial charge in [0.2, 0.25) is 0 Å². The molecular weight excluding hydrogens is 250 g/mol. The molecule has 3 atom stereocenters. The zero-order chi connectivity index (χ0) is 14.5. The Morgan fingerprint density at radius 1 is 1.45 bits per heavy atom. The van der Waals surface area contributed by atoms with Gasteiger partial charge in [-0.25, -0.2) is 4.98 Å². The van der Waals surface area contributed by atoms with E-state index in [1.807, 2.05) is 12.5 Å². The smallest absolute Gasteiger partial charge is 0.0952 e. The molecule has 114 valence electrons. The summed E-state index contributed by atoms with van der Waals surface area (Å²) < 4.78 is 8.00. The van der Waals surface area contributed by atoms with Crippen LogP contribution in [0.1, 0.15) is 64.7 Å². The van der Waals surface area contributed by atoms with E-state index in [1.54, 1.807) is 0 Å². The van der Waals surface area contributed by atoms with E-state index in [0.29, 0.717) is 24.0 Å². The quantitative estimate of drug-likeness (QED) is 0.868. The summed E-state index contributed by atoms with van der Waals surface area (Å²) in [4.78, 5) is 4.40. The first kappa shape index (κ1) is 15.5. The van der Waals surface area contributed by atoms with Gasteiger partial charge in [-0.2, -0.15) is 0 Å². The molecule has 3 unspecified atom stereocenters. The molecule has 1 aliphatic rings. The van der Waals surface area contributed by atoms with Crippen molar-refractivity contribution in [3.8, 4) is 0 Å². The van der Waals surface area contributed by atoms with E-state index in [0.717, 1.165) is 13.2 Å². The Kier molecular flexibility index (Phi) is 5.61. The van der Waals surface area contributed by atoms with Crippen molar-refractivity contribution in [3.63, 3.8) is 0 Å². The topological polar surface area (TPSA) is 39.1 Å². The summed E-state index contributed by atoms with van der Waals surface area (Å²) in [6.07, 6.45) is 7.77. The molecule has 0 aliphatic carbocycles. The fourth-order valence-electron chi connectivity index (χ4n) is 3.07. The number of rotatable bonds is 6. The highest BCUT2D eigenvalue weighted by Crippen LogP contribution is 2.29. The Hall–Kier alpha value is -0.870. The van der Waals surface area contributed by atoms with Crippen LogP contribution in [0.4, 0.5) is 0 Å². The summed E-state index contributed by atoms with van der Waals surface area (Å²) >= 11 is 0. The summed E-state index contributed by atoms with van der Waals surface area (Å²) in [5.74, 6) is 0.538. The van der Waals surface area contributed by atoms with Gasteiger partial charge in [-0.1, -0.05) is 13.8 Å². The second-order valence-corrected chi connectivity index (χ2v) is 6.25. The molecule has 2 rings (SSSR count). The van der Waals surface area contributed by atoms with Gasteiger partial charge in [-0.3, -0.25) is 0 Å². The molecule has 0 saturated carbocycles. The highest BCUT2D eigenvalue weighted by Gasteiger charge is 2.25. The van der Waals surface area contributed by atoms with Crippen LogP contribution in [0, 0.1) is 5.92 Å². The van der Waals surface area contributed by atoms with Crippen molar-refractivity contribution in [2.24, 2.45) is 5.92 Å². The van der Waals surface area contributed by atoms with Gasteiger partial charge in [0.25, 0.3) is 0 Å². The van der Waals surface area contributed by atoms with Crippen LogP contribution in [0.15, 0.2) is 12.5 Å². The Balaban J connectivity index is 2.16. The van der Waals surface area contributed by atoms with Gasteiger partial charge < -0.3 is 14.6 Å². The van der Waals surface area contributed by atoms with Crippen LogP contribution in [0.5, 0.6) is 0 Å². The first-order valence-corrected chi connectivity index (χ1v) is 7.99. The summed E-state index contributed by atoms with van der Waals surface area (Å²) in [6.45, 7) is 10.4. The Morgan fingerprint density at radius 3 is 2.90 bits per heavy atom. The molecular formula is C16H29N3O. The minimum absolute atomic E-state index is 0.367. The molecule has 0 radical (unpaired) electrons. The van der Waals surface area contributed by atoms with Gasteiger partial charge in [0.15, 0.2) is 0 Å². The summed E-state index contributed by atoms with van der Waals surface area (Å²) in [7, 11) is 0. The molecule has 1 aliphatic heterocycles. The third-order valence-corrected chi connectivity index (χ3v) is 4.29. The van der Waals surface area contributed by atoms with Crippen LogP contribution in [0.25, 0.3) is 0 Å². The summed E-state index contributed by atoms with van der Waals surface area (Å²) in [6, 6.07) is 1.40. The fraction of sp³-hybridized carbons (Fsp3) is 0.812. The zero-order valence-electron chi connectivity index (χ0n) is 13.3. The van der Waals surface area contributed by atoms with E-state index in [2.05, 4.69) is 42.6 Å². The minimum Gasteiger partial charge on any atom is -0.380 e.